The normalized spacial score (nSPS) is 16.7. The molecule has 2 aromatic carbocycles. The summed E-state index contributed by atoms with van der Waals surface area (Å²) in [6.45, 7) is 4.43. The number of likely N-dealkylation sites (tertiary alicyclic amines) is 2. The van der Waals surface area contributed by atoms with Gasteiger partial charge in [-0.25, -0.2) is 4.98 Å². The van der Waals surface area contributed by atoms with Crippen LogP contribution in [-0.4, -0.2) is 57.9 Å². The number of pyridine rings is 2. The smallest absolute Gasteiger partial charge is 0.253 e. The van der Waals surface area contributed by atoms with E-state index >= 15 is 0 Å². The van der Waals surface area contributed by atoms with Crippen molar-refractivity contribution in [1.29, 1.82) is 0 Å². The second-order valence-electron chi connectivity index (χ2n) is 10.3. The van der Waals surface area contributed by atoms with Gasteiger partial charge in [-0.15, -0.1) is 0 Å². The number of nitrogens with two attached hydrogens (primary N) is 1. The van der Waals surface area contributed by atoms with E-state index in [2.05, 4.69) is 20.9 Å². The lowest BCUT2D eigenvalue weighted by molar-refractivity contribution is 0.0644. The molecule has 194 valence electrons. The molecule has 0 unspecified atom stereocenters. The molecule has 0 saturated carbocycles. The van der Waals surface area contributed by atoms with Crippen molar-refractivity contribution in [2.75, 3.05) is 31.9 Å². The zero-order chi connectivity index (χ0) is 25.9. The fourth-order valence-electron chi connectivity index (χ4n) is 5.71. The SMILES string of the molecule is Nc1ncc(-c2ccc(C(=O)N3CCC(N4CCCC4)CC3)cc2)cc1OCc1cncc2ccccc12. The first-order valence-corrected chi connectivity index (χ1v) is 13.5. The van der Waals surface area contributed by atoms with Crippen molar-refractivity contribution in [2.24, 2.45) is 0 Å². The molecule has 2 aliphatic heterocycles. The Labute approximate surface area is 223 Å². The minimum Gasteiger partial charge on any atom is -0.485 e. The number of benzene rings is 2. The average Bonchev–Trinajstić information content (AvgIpc) is 3.52. The number of ether oxygens (including phenoxy) is 1. The number of amides is 1. The van der Waals surface area contributed by atoms with E-state index in [1.807, 2.05) is 65.8 Å². The molecule has 0 radical (unpaired) electrons. The van der Waals surface area contributed by atoms with E-state index in [0.29, 0.717) is 24.2 Å². The molecule has 0 aliphatic carbocycles. The predicted octanol–water partition coefficient (Wildman–Crippen LogP) is 5.16. The standard InChI is InChI=1S/C31H33N5O2/c32-30-29(38-21-26-19-33-18-24-5-1-2-6-28(24)26)17-25(20-34-30)22-7-9-23(10-8-22)31(37)36-15-11-27(12-16-36)35-13-3-4-14-35/h1-2,5-10,17-20,27H,3-4,11-16,21H2,(H2,32,34). The number of rotatable bonds is 6. The third-order valence-corrected chi connectivity index (χ3v) is 7.89. The maximum Gasteiger partial charge on any atom is 0.253 e. The summed E-state index contributed by atoms with van der Waals surface area (Å²) in [4.78, 5) is 26.4. The monoisotopic (exact) mass is 507 g/mol. The molecule has 2 aromatic heterocycles. The van der Waals surface area contributed by atoms with Crippen LogP contribution in [0.3, 0.4) is 0 Å². The van der Waals surface area contributed by atoms with Crippen molar-refractivity contribution in [3.63, 3.8) is 0 Å². The zero-order valence-corrected chi connectivity index (χ0v) is 21.6. The van der Waals surface area contributed by atoms with Crippen LogP contribution in [0.1, 0.15) is 41.6 Å². The molecule has 6 rings (SSSR count). The minimum absolute atomic E-state index is 0.111. The van der Waals surface area contributed by atoms with E-state index in [-0.39, 0.29) is 5.91 Å². The summed E-state index contributed by atoms with van der Waals surface area (Å²) in [5.41, 5.74) is 9.68. The number of carbonyl (C=O) groups excluding carboxylic acids is 1. The molecule has 0 spiro atoms. The van der Waals surface area contributed by atoms with E-state index in [4.69, 9.17) is 10.5 Å². The van der Waals surface area contributed by atoms with Crippen LogP contribution >= 0.6 is 0 Å². The lowest BCUT2D eigenvalue weighted by atomic mass is 10.0. The Hall–Kier alpha value is -3.97. The Balaban J connectivity index is 1.12. The van der Waals surface area contributed by atoms with Crippen molar-refractivity contribution in [1.82, 2.24) is 19.8 Å². The van der Waals surface area contributed by atoms with Gasteiger partial charge in [-0.05, 0) is 67.9 Å². The van der Waals surface area contributed by atoms with Crippen LogP contribution in [-0.2, 0) is 6.61 Å². The molecule has 2 saturated heterocycles. The lowest BCUT2D eigenvalue weighted by Gasteiger charge is -2.36. The van der Waals surface area contributed by atoms with Gasteiger partial charge in [-0.1, -0.05) is 36.4 Å². The van der Waals surface area contributed by atoms with Crippen molar-refractivity contribution in [3.05, 3.63) is 84.3 Å². The fourth-order valence-corrected chi connectivity index (χ4v) is 5.71. The minimum atomic E-state index is 0.111. The van der Waals surface area contributed by atoms with Crippen molar-refractivity contribution >= 4 is 22.5 Å². The van der Waals surface area contributed by atoms with E-state index in [9.17, 15) is 4.79 Å². The van der Waals surface area contributed by atoms with Crippen LogP contribution in [0, 0.1) is 0 Å². The summed E-state index contributed by atoms with van der Waals surface area (Å²) in [5, 5.41) is 2.17. The quantitative estimate of drug-likeness (QED) is 0.388. The molecule has 2 aliphatic rings. The number of fused-ring (bicyclic) bond motifs is 1. The molecule has 2 fully saturated rings. The summed E-state index contributed by atoms with van der Waals surface area (Å²) in [6.07, 6.45) is 10.2. The Bertz CT molecular complexity index is 1420. The Morgan fingerprint density at radius 1 is 0.921 bits per heavy atom. The average molecular weight is 508 g/mol. The molecule has 0 bridgehead atoms. The van der Waals surface area contributed by atoms with E-state index < -0.39 is 0 Å². The molecular weight excluding hydrogens is 474 g/mol. The van der Waals surface area contributed by atoms with Crippen LogP contribution < -0.4 is 10.5 Å². The van der Waals surface area contributed by atoms with E-state index in [1.165, 1.54) is 25.9 Å². The molecule has 2 N–H and O–H groups in total. The third-order valence-electron chi connectivity index (χ3n) is 7.89. The van der Waals surface area contributed by atoms with Crippen molar-refractivity contribution in [3.8, 4) is 16.9 Å². The number of carbonyl (C=O) groups is 1. The predicted molar refractivity (Wildman–Crippen MR) is 150 cm³/mol. The van der Waals surface area contributed by atoms with E-state index in [0.717, 1.165) is 59.0 Å². The third kappa shape index (κ3) is 5.07. The summed E-state index contributed by atoms with van der Waals surface area (Å²) >= 11 is 0. The first-order valence-electron chi connectivity index (χ1n) is 13.5. The highest BCUT2D eigenvalue weighted by molar-refractivity contribution is 5.94. The van der Waals surface area contributed by atoms with Crippen molar-refractivity contribution < 1.29 is 9.53 Å². The molecule has 38 heavy (non-hydrogen) atoms. The van der Waals surface area contributed by atoms with Crippen LogP contribution in [0.5, 0.6) is 5.75 Å². The number of aromatic nitrogens is 2. The van der Waals surface area contributed by atoms with Gasteiger partial charge in [-0.2, -0.15) is 0 Å². The summed E-state index contributed by atoms with van der Waals surface area (Å²) in [7, 11) is 0. The lowest BCUT2D eigenvalue weighted by Crippen LogP contribution is -2.45. The van der Waals surface area contributed by atoms with Gasteiger partial charge >= 0.3 is 0 Å². The van der Waals surface area contributed by atoms with Crippen LogP contribution in [0.25, 0.3) is 21.9 Å². The van der Waals surface area contributed by atoms with E-state index in [1.54, 1.807) is 6.20 Å². The topological polar surface area (TPSA) is 84.6 Å². The number of anilines is 1. The zero-order valence-electron chi connectivity index (χ0n) is 21.6. The largest absolute Gasteiger partial charge is 0.485 e. The van der Waals surface area contributed by atoms with Gasteiger partial charge in [0.1, 0.15) is 6.61 Å². The maximum atomic E-state index is 13.1. The molecule has 7 nitrogen and oxygen atoms in total. The fraction of sp³-hybridized carbons (Fsp3) is 0.323. The van der Waals surface area contributed by atoms with Gasteiger partial charge in [0, 0.05) is 59.8 Å². The van der Waals surface area contributed by atoms with Crippen LogP contribution in [0.4, 0.5) is 5.82 Å². The van der Waals surface area contributed by atoms with Crippen molar-refractivity contribution in [2.45, 2.75) is 38.3 Å². The first kappa shape index (κ1) is 24.4. The summed E-state index contributed by atoms with van der Waals surface area (Å²) in [5.74, 6) is 0.974. The summed E-state index contributed by atoms with van der Waals surface area (Å²) in [6, 6.07) is 18.4. The number of piperidine rings is 1. The molecule has 0 atom stereocenters. The number of nitrogens with zero attached hydrogens (tertiary/aromatic N) is 4. The molecule has 4 heterocycles. The number of nitrogen functional groups attached to an aromatic ring is 1. The van der Waals surface area contributed by atoms with Gasteiger partial charge < -0.3 is 20.3 Å². The number of hydrogen-bond donors (Lipinski definition) is 1. The molecule has 7 heteroatoms. The van der Waals surface area contributed by atoms with Gasteiger partial charge in [0.05, 0.1) is 0 Å². The molecular formula is C31H33N5O2. The molecule has 1 amide bonds. The highest BCUT2D eigenvalue weighted by atomic mass is 16.5. The van der Waals surface area contributed by atoms with Gasteiger partial charge in [0.25, 0.3) is 5.91 Å². The highest BCUT2D eigenvalue weighted by Crippen LogP contribution is 2.29. The Morgan fingerprint density at radius 2 is 1.68 bits per heavy atom. The van der Waals surface area contributed by atoms with Crippen LogP contribution in [0.15, 0.2) is 73.2 Å². The summed E-state index contributed by atoms with van der Waals surface area (Å²) < 4.78 is 6.09. The second-order valence-corrected chi connectivity index (χ2v) is 10.3. The Kier molecular flexibility index (Phi) is 6.92. The molecule has 4 aromatic rings. The van der Waals surface area contributed by atoms with Gasteiger partial charge in [-0.3, -0.25) is 9.78 Å². The number of hydrogen-bond acceptors (Lipinski definition) is 6. The van der Waals surface area contributed by atoms with Crippen LogP contribution in [0.2, 0.25) is 0 Å². The van der Waals surface area contributed by atoms with Gasteiger partial charge in [0.2, 0.25) is 0 Å². The van der Waals surface area contributed by atoms with Gasteiger partial charge in [0.15, 0.2) is 11.6 Å². The first-order chi connectivity index (χ1) is 18.7. The maximum absolute atomic E-state index is 13.1. The Morgan fingerprint density at radius 3 is 2.47 bits per heavy atom. The highest BCUT2D eigenvalue weighted by Gasteiger charge is 2.28. The second kappa shape index (κ2) is 10.8.